The van der Waals surface area contributed by atoms with Gasteiger partial charge in [-0.3, -0.25) is 4.79 Å². The van der Waals surface area contributed by atoms with Gasteiger partial charge in [0.05, 0.1) is 10.7 Å². The molecule has 1 amide bonds. The number of aromatic nitrogens is 3. The first-order chi connectivity index (χ1) is 11.7. The first kappa shape index (κ1) is 18.2. The highest BCUT2D eigenvalue weighted by Gasteiger charge is 2.34. The van der Waals surface area contributed by atoms with Gasteiger partial charge in [-0.25, -0.2) is 9.67 Å². The Labute approximate surface area is 157 Å². The van der Waals surface area contributed by atoms with Crippen LogP contribution in [0, 0.1) is 5.92 Å². The molecule has 25 heavy (non-hydrogen) atoms. The average molecular weight is 382 g/mol. The lowest BCUT2D eigenvalue weighted by Crippen LogP contribution is -2.42. The Morgan fingerprint density at radius 3 is 2.64 bits per heavy atom. The van der Waals surface area contributed by atoms with Crippen LogP contribution in [0.3, 0.4) is 0 Å². The van der Waals surface area contributed by atoms with Crippen molar-refractivity contribution in [3.8, 4) is 5.69 Å². The lowest BCUT2D eigenvalue weighted by molar-refractivity contribution is 0.0923. The number of hydrogen-bond acceptors (Lipinski definition) is 4. The summed E-state index contributed by atoms with van der Waals surface area (Å²) in [6, 6.07) is 7.48. The molecule has 0 bridgehead atoms. The molecule has 1 heterocycles. The molecule has 1 aromatic heterocycles. The number of amides is 1. The number of para-hydroxylation sites is 1. The Kier molecular flexibility index (Phi) is 5.32. The third-order valence-electron chi connectivity index (χ3n) is 4.62. The normalized spacial score (nSPS) is 17.7. The lowest BCUT2D eigenvalue weighted by Gasteiger charge is -2.14. The fourth-order valence-electron chi connectivity index (χ4n) is 2.93. The molecule has 134 valence electrons. The molecular formula is C17H21Cl2N5O. The van der Waals surface area contributed by atoms with E-state index in [2.05, 4.69) is 15.4 Å². The number of benzene rings is 1. The van der Waals surface area contributed by atoms with Crippen LogP contribution in [0.25, 0.3) is 5.69 Å². The zero-order chi connectivity index (χ0) is 16.7. The molecule has 2 aliphatic rings. The van der Waals surface area contributed by atoms with E-state index in [0.29, 0.717) is 23.4 Å². The van der Waals surface area contributed by atoms with Gasteiger partial charge < -0.3 is 11.1 Å². The predicted octanol–water partition coefficient (Wildman–Crippen LogP) is 2.69. The van der Waals surface area contributed by atoms with Crippen LogP contribution in [0.4, 0.5) is 0 Å². The van der Waals surface area contributed by atoms with Crippen LogP contribution in [0.15, 0.2) is 24.3 Å². The molecule has 2 aromatic rings. The Morgan fingerprint density at radius 2 is 2.04 bits per heavy atom. The van der Waals surface area contributed by atoms with Crippen LogP contribution in [0.1, 0.15) is 48.0 Å². The van der Waals surface area contributed by atoms with Gasteiger partial charge in [0.25, 0.3) is 5.91 Å². The number of carbonyl (C=O) groups excluding carboxylic acids is 1. The van der Waals surface area contributed by atoms with E-state index in [9.17, 15) is 4.79 Å². The first-order valence-corrected chi connectivity index (χ1v) is 8.78. The summed E-state index contributed by atoms with van der Waals surface area (Å²) in [7, 11) is 0. The quantitative estimate of drug-likeness (QED) is 0.805. The molecule has 1 unspecified atom stereocenters. The molecule has 2 fully saturated rings. The zero-order valence-electron chi connectivity index (χ0n) is 13.7. The highest BCUT2D eigenvalue weighted by atomic mass is 35.5. The molecule has 6 nitrogen and oxygen atoms in total. The number of nitrogens with zero attached hydrogens (tertiary/aromatic N) is 3. The topological polar surface area (TPSA) is 85.8 Å². The highest BCUT2D eigenvalue weighted by molar-refractivity contribution is 6.32. The second-order valence-corrected chi connectivity index (χ2v) is 6.99. The summed E-state index contributed by atoms with van der Waals surface area (Å²) >= 11 is 6.30. The van der Waals surface area contributed by atoms with Crippen LogP contribution in [0.2, 0.25) is 5.02 Å². The highest BCUT2D eigenvalue weighted by Crippen LogP contribution is 2.40. The summed E-state index contributed by atoms with van der Waals surface area (Å²) < 4.78 is 1.71. The Bertz CT molecular complexity index is 770. The molecule has 4 rings (SSSR count). The minimum absolute atomic E-state index is 0. The minimum atomic E-state index is -0.259. The molecule has 0 saturated heterocycles. The van der Waals surface area contributed by atoms with Gasteiger partial charge in [0.15, 0.2) is 0 Å². The first-order valence-electron chi connectivity index (χ1n) is 8.40. The number of rotatable bonds is 6. The molecule has 3 N–H and O–H groups in total. The third kappa shape index (κ3) is 3.81. The molecule has 2 aliphatic carbocycles. The second kappa shape index (κ2) is 7.32. The van der Waals surface area contributed by atoms with E-state index in [1.165, 1.54) is 0 Å². The summed E-state index contributed by atoms with van der Waals surface area (Å²) in [6.45, 7) is 0.442. The van der Waals surface area contributed by atoms with Crippen molar-refractivity contribution < 1.29 is 4.79 Å². The number of hydrogen-bond donors (Lipinski definition) is 2. The summed E-state index contributed by atoms with van der Waals surface area (Å²) in [5.74, 6) is 1.58. The van der Waals surface area contributed by atoms with E-state index in [4.69, 9.17) is 17.3 Å². The molecular weight excluding hydrogens is 361 g/mol. The van der Waals surface area contributed by atoms with Gasteiger partial charge in [-0.1, -0.05) is 23.7 Å². The Morgan fingerprint density at radius 1 is 1.32 bits per heavy atom. The molecule has 1 aromatic carbocycles. The monoisotopic (exact) mass is 381 g/mol. The summed E-state index contributed by atoms with van der Waals surface area (Å²) in [5.41, 5.74) is 6.52. The largest absolute Gasteiger partial charge is 0.345 e. The summed E-state index contributed by atoms with van der Waals surface area (Å²) in [4.78, 5) is 17.0. The summed E-state index contributed by atoms with van der Waals surface area (Å²) in [5, 5.41) is 8.01. The van der Waals surface area contributed by atoms with Crippen molar-refractivity contribution in [3.63, 3.8) is 0 Å². The van der Waals surface area contributed by atoms with Gasteiger partial charge in [0, 0.05) is 18.5 Å². The van der Waals surface area contributed by atoms with Crippen molar-refractivity contribution in [3.05, 3.63) is 40.9 Å². The maximum atomic E-state index is 12.5. The van der Waals surface area contributed by atoms with Gasteiger partial charge in [0.2, 0.25) is 5.82 Å². The summed E-state index contributed by atoms with van der Waals surface area (Å²) in [6.07, 6.45) is 4.38. The van der Waals surface area contributed by atoms with Crippen LogP contribution >= 0.6 is 24.0 Å². The smallest absolute Gasteiger partial charge is 0.291 e. The van der Waals surface area contributed by atoms with E-state index < -0.39 is 0 Å². The maximum absolute atomic E-state index is 12.5. The van der Waals surface area contributed by atoms with Gasteiger partial charge in [-0.05, 0) is 43.7 Å². The van der Waals surface area contributed by atoms with Crippen molar-refractivity contribution in [1.29, 1.82) is 0 Å². The van der Waals surface area contributed by atoms with E-state index in [0.717, 1.165) is 37.2 Å². The second-order valence-electron chi connectivity index (χ2n) is 6.58. The van der Waals surface area contributed by atoms with Gasteiger partial charge >= 0.3 is 0 Å². The molecule has 1 atom stereocenters. The average Bonchev–Trinajstić information content (AvgIpc) is 3.51. The van der Waals surface area contributed by atoms with Crippen LogP contribution < -0.4 is 11.1 Å². The standard InChI is InChI=1S/C17H20ClN5O.ClH/c18-12-3-1-2-4-14(12)23-16(11-7-8-11)21-15(22-23)17(24)20-13(9-19)10-5-6-10;/h1-4,10-11,13H,5-9,19H2,(H,20,24);1H. The van der Waals surface area contributed by atoms with Crippen molar-refractivity contribution in [1.82, 2.24) is 20.1 Å². The van der Waals surface area contributed by atoms with Crippen molar-refractivity contribution in [2.45, 2.75) is 37.6 Å². The van der Waals surface area contributed by atoms with Crippen molar-refractivity contribution in [2.75, 3.05) is 6.54 Å². The molecule has 0 spiro atoms. The Hall–Kier alpha value is -1.63. The van der Waals surface area contributed by atoms with Crippen molar-refractivity contribution >= 4 is 29.9 Å². The molecule has 8 heteroatoms. The molecule has 0 aliphatic heterocycles. The fraction of sp³-hybridized carbons (Fsp3) is 0.471. The van der Waals surface area contributed by atoms with E-state index in [-0.39, 0.29) is 30.2 Å². The fourth-order valence-corrected chi connectivity index (χ4v) is 3.14. The number of carbonyl (C=O) groups is 1. The predicted molar refractivity (Wildman–Crippen MR) is 98.6 cm³/mol. The van der Waals surface area contributed by atoms with Crippen LogP contribution in [0.5, 0.6) is 0 Å². The van der Waals surface area contributed by atoms with Gasteiger partial charge in [0.1, 0.15) is 5.82 Å². The van der Waals surface area contributed by atoms with E-state index >= 15 is 0 Å². The van der Waals surface area contributed by atoms with E-state index in [1.54, 1.807) is 4.68 Å². The zero-order valence-corrected chi connectivity index (χ0v) is 15.3. The Balaban J connectivity index is 0.00000182. The SMILES string of the molecule is Cl.NCC(NC(=O)c1nc(C2CC2)n(-c2ccccc2Cl)n1)C1CC1. The lowest BCUT2D eigenvalue weighted by atomic mass is 10.2. The maximum Gasteiger partial charge on any atom is 0.291 e. The van der Waals surface area contributed by atoms with Gasteiger partial charge in [-0.15, -0.1) is 17.5 Å². The van der Waals surface area contributed by atoms with Crippen molar-refractivity contribution in [2.24, 2.45) is 11.7 Å². The third-order valence-corrected chi connectivity index (χ3v) is 4.94. The molecule has 2 saturated carbocycles. The van der Waals surface area contributed by atoms with Gasteiger partial charge in [-0.2, -0.15) is 0 Å². The van der Waals surface area contributed by atoms with Crippen LogP contribution in [-0.2, 0) is 0 Å². The number of nitrogens with one attached hydrogen (secondary N) is 1. The minimum Gasteiger partial charge on any atom is -0.345 e. The van der Waals surface area contributed by atoms with Crippen LogP contribution in [-0.4, -0.2) is 33.3 Å². The number of nitrogens with two attached hydrogens (primary N) is 1. The number of halogens is 2. The van der Waals surface area contributed by atoms with E-state index in [1.807, 2.05) is 24.3 Å². The molecule has 0 radical (unpaired) electrons.